The third-order valence-electron chi connectivity index (χ3n) is 5.20. The van der Waals surface area contributed by atoms with Crippen molar-refractivity contribution in [3.05, 3.63) is 52.4 Å². The van der Waals surface area contributed by atoms with Gasteiger partial charge in [0.15, 0.2) is 5.82 Å². The number of aliphatic hydroxyl groups excluding tert-OH is 2. The van der Waals surface area contributed by atoms with Crippen LogP contribution in [-0.2, 0) is 0 Å². The molecule has 2 aromatic heterocycles. The van der Waals surface area contributed by atoms with Crippen molar-refractivity contribution in [2.75, 3.05) is 5.48 Å². The Labute approximate surface area is 172 Å². The number of aromatic nitrogens is 3. The SMILES string of the molecule is CC(c1ccc(Cl)c(Cl)c1)C1CCC(O)C1O.ONc1ncnc2[nH]ccc12. The minimum absolute atomic E-state index is 0.0854. The summed E-state index contributed by atoms with van der Waals surface area (Å²) in [6.45, 7) is 2.05. The Balaban J connectivity index is 0.000000176. The molecule has 0 amide bonds. The van der Waals surface area contributed by atoms with E-state index >= 15 is 0 Å². The maximum absolute atomic E-state index is 9.90. The number of benzene rings is 1. The van der Waals surface area contributed by atoms with Crippen molar-refractivity contribution in [2.45, 2.75) is 37.9 Å². The lowest BCUT2D eigenvalue weighted by molar-refractivity contribution is 0.0156. The van der Waals surface area contributed by atoms with Crippen molar-refractivity contribution in [2.24, 2.45) is 5.92 Å². The summed E-state index contributed by atoms with van der Waals surface area (Å²) in [6.07, 6.45) is 3.38. The summed E-state index contributed by atoms with van der Waals surface area (Å²) in [4.78, 5) is 10.6. The number of fused-ring (bicyclic) bond motifs is 1. The molecule has 28 heavy (non-hydrogen) atoms. The van der Waals surface area contributed by atoms with Gasteiger partial charge in [-0.3, -0.25) is 10.7 Å². The van der Waals surface area contributed by atoms with E-state index in [1.807, 2.05) is 24.5 Å². The van der Waals surface area contributed by atoms with E-state index in [0.717, 1.165) is 17.4 Å². The lowest BCUT2D eigenvalue weighted by atomic mass is 9.85. The molecule has 2 heterocycles. The van der Waals surface area contributed by atoms with Crippen LogP contribution in [0.25, 0.3) is 11.0 Å². The molecule has 0 spiro atoms. The molecule has 150 valence electrons. The van der Waals surface area contributed by atoms with Crippen molar-refractivity contribution < 1.29 is 15.4 Å². The number of aromatic amines is 1. The maximum atomic E-state index is 9.90. The lowest BCUT2D eigenvalue weighted by Gasteiger charge is -2.24. The summed E-state index contributed by atoms with van der Waals surface area (Å²) < 4.78 is 0. The molecule has 0 saturated heterocycles. The third kappa shape index (κ3) is 4.39. The second-order valence-electron chi connectivity index (χ2n) is 6.84. The number of hydrogen-bond donors (Lipinski definition) is 5. The standard InChI is InChI=1S/C13H16Cl2O2.C6H6N4O/c1-7(9-3-5-12(16)13(9)17)8-2-4-10(14)11(15)6-8;11-10-6-4-1-2-7-5(4)8-3-9-6/h2,4,6-7,9,12-13,16-17H,3,5H2,1H3;1-3,11H,(H2,7,8,9,10). The van der Waals surface area contributed by atoms with Gasteiger partial charge in [0, 0.05) is 6.20 Å². The van der Waals surface area contributed by atoms with Gasteiger partial charge in [-0.2, -0.15) is 0 Å². The fourth-order valence-electron chi connectivity index (χ4n) is 3.54. The van der Waals surface area contributed by atoms with E-state index in [-0.39, 0.29) is 11.8 Å². The molecule has 4 rings (SSSR count). The van der Waals surface area contributed by atoms with Crippen molar-refractivity contribution in [1.82, 2.24) is 15.0 Å². The Hall–Kier alpha value is -1.90. The highest BCUT2D eigenvalue weighted by Gasteiger charge is 2.37. The molecule has 0 radical (unpaired) electrons. The van der Waals surface area contributed by atoms with Gasteiger partial charge in [-0.1, -0.05) is 36.2 Å². The molecule has 4 unspecified atom stereocenters. The Morgan fingerprint density at radius 3 is 2.57 bits per heavy atom. The van der Waals surface area contributed by atoms with E-state index in [1.54, 1.807) is 18.3 Å². The minimum Gasteiger partial charge on any atom is -0.390 e. The molecule has 4 atom stereocenters. The number of hydrogen-bond acceptors (Lipinski definition) is 6. The highest BCUT2D eigenvalue weighted by atomic mass is 35.5. The summed E-state index contributed by atoms with van der Waals surface area (Å²) in [6, 6.07) is 7.32. The molecule has 7 nitrogen and oxygen atoms in total. The average molecular weight is 425 g/mol. The molecule has 1 aromatic carbocycles. The molecule has 9 heteroatoms. The number of aliphatic hydroxyl groups is 2. The van der Waals surface area contributed by atoms with E-state index in [2.05, 4.69) is 15.0 Å². The largest absolute Gasteiger partial charge is 0.390 e. The Morgan fingerprint density at radius 1 is 1.14 bits per heavy atom. The first kappa shape index (κ1) is 20.8. The van der Waals surface area contributed by atoms with Gasteiger partial charge in [0.1, 0.15) is 12.0 Å². The number of nitrogens with zero attached hydrogens (tertiary/aromatic N) is 2. The molecule has 0 bridgehead atoms. The van der Waals surface area contributed by atoms with E-state index < -0.39 is 12.2 Å². The second kappa shape index (κ2) is 9.07. The number of nitrogens with one attached hydrogen (secondary N) is 2. The van der Waals surface area contributed by atoms with E-state index in [0.29, 0.717) is 27.9 Å². The van der Waals surface area contributed by atoms with Gasteiger partial charge in [-0.05, 0) is 48.4 Å². The zero-order chi connectivity index (χ0) is 20.3. The smallest absolute Gasteiger partial charge is 0.162 e. The zero-order valence-electron chi connectivity index (χ0n) is 15.2. The number of anilines is 1. The van der Waals surface area contributed by atoms with Crippen LogP contribution in [0.15, 0.2) is 36.8 Å². The molecule has 1 aliphatic carbocycles. The second-order valence-corrected chi connectivity index (χ2v) is 7.65. The summed E-state index contributed by atoms with van der Waals surface area (Å²) in [5.74, 6) is 0.662. The summed E-state index contributed by atoms with van der Waals surface area (Å²) in [7, 11) is 0. The van der Waals surface area contributed by atoms with Crippen molar-refractivity contribution in [1.29, 1.82) is 0 Å². The third-order valence-corrected chi connectivity index (χ3v) is 5.94. The average Bonchev–Trinajstić information content (AvgIpc) is 3.31. The molecular formula is C19H22Cl2N4O3. The Bertz CT molecular complexity index is 936. The molecule has 3 aromatic rings. The van der Waals surface area contributed by atoms with Gasteiger partial charge in [0.25, 0.3) is 0 Å². The number of halogens is 2. The Morgan fingerprint density at radius 2 is 1.93 bits per heavy atom. The fraction of sp³-hybridized carbons (Fsp3) is 0.368. The van der Waals surface area contributed by atoms with Crippen LogP contribution in [0.3, 0.4) is 0 Å². The molecular weight excluding hydrogens is 403 g/mol. The minimum atomic E-state index is -0.639. The molecule has 5 N–H and O–H groups in total. The predicted molar refractivity (Wildman–Crippen MR) is 109 cm³/mol. The van der Waals surface area contributed by atoms with Crippen LogP contribution in [0.1, 0.15) is 31.2 Å². The summed E-state index contributed by atoms with van der Waals surface area (Å²) >= 11 is 11.9. The quantitative estimate of drug-likeness (QED) is 0.406. The molecule has 1 saturated carbocycles. The highest BCUT2D eigenvalue weighted by molar-refractivity contribution is 6.42. The maximum Gasteiger partial charge on any atom is 0.162 e. The van der Waals surface area contributed by atoms with Gasteiger partial charge < -0.3 is 15.2 Å². The van der Waals surface area contributed by atoms with Gasteiger partial charge in [0.2, 0.25) is 0 Å². The van der Waals surface area contributed by atoms with Gasteiger partial charge >= 0.3 is 0 Å². The first-order valence-electron chi connectivity index (χ1n) is 8.91. The Kier molecular flexibility index (Phi) is 6.74. The number of H-pyrrole nitrogens is 1. The van der Waals surface area contributed by atoms with Crippen LogP contribution >= 0.6 is 23.2 Å². The number of rotatable bonds is 3. The van der Waals surface area contributed by atoms with Crippen LogP contribution in [-0.4, -0.2) is 42.6 Å². The van der Waals surface area contributed by atoms with E-state index in [4.69, 9.17) is 28.4 Å². The van der Waals surface area contributed by atoms with E-state index in [9.17, 15) is 10.2 Å². The molecule has 0 aliphatic heterocycles. The molecule has 1 fully saturated rings. The lowest BCUT2D eigenvalue weighted by Crippen LogP contribution is -2.27. The summed E-state index contributed by atoms with van der Waals surface area (Å²) in [5.41, 5.74) is 3.74. The van der Waals surface area contributed by atoms with Gasteiger partial charge in [-0.15, -0.1) is 0 Å². The highest BCUT2D eigenvalue weighted by Crippen LogP contribution is 2.38. The van der Waals surface area contributed by atoms with Crippen molar-refractivity contribution >= 4 is 40.1 Å². The monoisotopic (exact) mass is 424 g/mol. The predicted octanol–water partition coefficient (Wildman–Crippen LogP) is 3.99. The topological polar surface area (TPSA) is 114 Å². The van der Waals surface area contributed by atoms with Crippen LogP contribution in [0.4, 0.5) is 5.82 Å². The van der Waals surface area contributed by atoms with Crippen LogP contribution < -0.4 is 5.48 Å². The van der Waals surface area contributed by atoms with Gasteiger partial charge in [-0.25, -0.2) is 9.97 Å². The van der Waals surface area contributed by atoms with Crippen molar-refractivity contribution in [3.8, 4) is 0 Å². The molecule has 1 aliphatic rings. The van der Waals surface area contributed by atoms with Gasteiger partial charge in [0.05, 0.1) is 27.6 Å². The zero-order valence-corrected chi connectivity index (χ0v) is 16.7. The first-order valence-corrected chi connectivity index (χ1v) is 9.67. The van der Waals surface area contributed by atoms with Crippen LogP contribution in [0.5, 0.6) is 0 Å². The summed E-state index contributed by atoms with van der Waals surface area (Å²) in [5, 5.41) is 29.9. The first-order chi connectivity index (χ1) is 13.4. The van der Waals surface area contributed by atoms with Crippen LogP contribution in [0, 0.1) is 5.92 Å². The van der Waals surface area contributed by atoms with Crippen molar-refractivity contribution in [3.63, 3.8) is 0 Å². The normalized spacial score (nSPS) is 22.6. The van der Waals surface area contributed by atoms with E-state index in [1.165, 1.54) is 6.33 Å². The van der Waals surface area contributed by atoms with Crippen LogP contribution in [0.2, 0.25) is 10.0 Å². The fourth-order valence-corrected chi connectivity index (χ4v) is 3.85.